The molecule has 0 aromatic heterocycles. The molecule has 2 amide bonds. The Morgan fingerprint density at radius 1 is 0.852 bits per heavy atom. The summed E-state index contributed by atoms with van der Waals surface area (Å²) in [5, 5.41) is 5.17. The number of nitrogens with one attached hydrogen (secondary N) is 2. The number of rotatable bonds is 8. The van der Waals surface area contributed by atoms with E-state index < -0.39 is 17.9 Å². The van der Waals surface area contributed by atoms with Crippen LogP contribution in [-0.4, -0.2) is 39.7 Å². The minimum Gasteiger partial charge on any atom is -0.496 e. The van der Waals surface area contributed by atoms with Crippen molar-refractivity contribution in [3.8, 4) is 11.5 Å². The van der Waals surface area contributed by atoms with Crippen molar-refractivity contribution in [3.63, 3.8) is 0 Å². The first-order chi connectivity index (χ1) is 13.1. The van der Waals surface area contributed by atoms with Crippen LogP contribution in [0, 0.1) is 0 Å². The number of hydrogen-bond acceptors (Lipinski definition) is 5. The molecule has 27 heavy (non-hydrogen) atoms. The lowest BCUT2D eigenvalue weighted by molar-refractivity contribution is -0.139. The molecule has 7 nitrogen and oxygen atoms in total. The molecular formula is C20H24N2O5. The Balaban J connectivity index is 1.91. The summed E-state index contributed by atoms with van der Waals surface area (Å²) in [5.41, 5.74) is 1.57. The fourth-order valence-electron chi connectivity index (χ4n) is 2.62. The van der Waals surface area contributed by atoms with Crippen LogP contribution in [0.25, 0.3) is 0 Å². The van der Waals surface area contributed by atoms with Crippen LogP contribution in [0.3, 0.4) is 0 Å². The summed E-state index contributed by atoms with van der Waals surface area (Å²) in [7, 11) is 4.65. The van der Waals surface area contributed by atoms with Crippen LogP contribution in [0.15, 0.2) is 48.5 Å². The third kappa shape index (κ3) is 5.46. The molecule has 0 fully saturated rings. The van der Waals surface area contributed by atoms with Crippen molar-refractivity contribution >= 4 is 11.8 Å². The normalized spacial score (nSPS) is 11.4. The lowest BCUT2D eigenvalue weighted by Crippen LogP contribution is -2.41. The highest BCUT2D eigenvalue weighted by Crippen LogP contribution is 2.26. The molecule has 0 aliphatic carbocycles. The van der Waals surface area contributed by atoms with Gasteiger partial charge in [-0.25, -0.2) is 0 Å². The Kier molecular flexibility index (Phi) is 7.63. The van der Waals surface area contributed by atoms with E-state index in [1.54, 1.807) is 20.3 Å². The number of amides is 2. The summed E-state index contributed by atoms with van der Waals surface area (Å²) in [6, 6.07) is 14.6. The quantitative estimate of drug-likeness (QED) is 0.691. The number of carbonyl (C=O) groups excluding carboxylic acids is 2. The van der Waals surface area contributed by atoms with Crippen molar-refractivity contribution in [2.45, 2.75) is 12.6 Å². The van der Waals surface area contributed by atoms with Gasteiger partial charge in [0.05, 0.1) is 14.2 Å². The minimum absolute atomic E-state index is 0.137. The monoisotopic (exact) mass is 372 g/mol. The largest absolute Gasteiger partial charge is 0.496 e. The Morgan fingerprint density at radius 2 is 1.44 bits per heavy atom. The number of hydrogen-bond donors (Lipinski definition) is 2. The summed E-state index contributed by atoms with van der Waals surface area (Å²) in [6.45, 7) is 0.328. The standard InChI is InChI=1S/C20H24N2O5/c1-25-16-10-6-4-8-14(16)12-21-19(23)20(24)22-13-18(27-3)15-9-5-7-11-17(15)26-2/h4-11,18H,12-13H2,1-3H3,(H,21,23)(H,22,24). The van der Waals surface area contributed by atoms with Crippen LogP contribution >= 0.6 is 0 Å². The van der Waals surface area contributed by atoms with Crippen LogP contribution in [0.4, 0.5) is 0 Å². The summed E-state index contributed by atoms with van der Waals surface area (Å²) in [6.07, 6.45) is -0.438. The van der Waals surface area contributed by atoms with Gasteiger partial charge in [0, 0.05) is 31.3 Å². The number of ether oxygens (including phenoxy) is 3. The first-order valence-corrected chi connectivity index (χ1v) is 8.44. The lowest BCUT2D eigenvalue weighted by atomic mass is 10.1. The van der Waals surface area contributed by atoms with Crippen LogP contribution in [0.2, 0.25) is 0 Å². The van der Waals surface area contributed by atoms with E-state index in [0.29, 0.717) is 11.5 Å². The van der Waals surface area contributed by atoms with E-state index in [1.165, 1.54) is 7.11 Å². The van der Waals surface area contributed by atoms with E-state index in [-0.39, 0.29) is 13.1 Å². The predicted molar refractivity (Wildman–Crippen MR) is 101 cm³/mol. The fraction of sp³-hybridized carbons (Fsp3) is 0.300. The summed E-state index contributed by atoms with van der Waals surface area (Å²) >= 11 is 0. The van der Waals surface area contributed by atoms with Crippen molar-refractivity contribution < 1.29 is 23.8 Å². The molecule has 2 N–H and O–H groups in total. The van der Waals surface area contributed by atoms with Gasteiger partial charge < -0.3 is 24.8 Å². The second-order valence-corrected chi connectivity index (χ2v) is 5.67. The van der Waals surface area contributed by atoms with Gasteiger partial charge >= 0.3 is 11.8 Å². The van der Waals surface area contributed by atoms with Crippen molar-refractivity contribution in [2.75, 3.05) is 27.9 Å². The number of carbonyl (C=O) groups is 2. The van der Waals surface area contributed by atoms with Crippen molar-refractivity contribution in [1.82, 2.24) is 10.6 Å². The second-order valence-electron chi connectivity index (χ2n) is 5.67. The molecule has 7 heteroatoms. The topological polar surface area (TPSA) is 85.9 Å². The van der Waals surface area contributed by atoms with E-state index >= 15 is 0 Å². The molecular weight excluding hydrogens is 348 g/mol. The fourth-order valence-corrected chi connectivity index (χ4v) is 2.62. The zero-order chi connectivity index (χ0) is 19.6. The molecule has 0 saturated carbocycles. The highest BCUT2D eigenvalue weighted by molar-refractivity contribution is 6.35. The maximum Gasteiger partial charge on any atom is 0.309 e. The maximum absolute atomic E-state index is 12.1. The third-order valence-corrected chi connectivity index (χ3v) is 4.06. The van der Waals surface area contributed by atoms with E-state index in [9.17, 15) is 9.59 Å². The Bertz CT molecular complexity index is 778. The van der Waals surface area contributed by atoms with Gasteiger partial charge in [-0.3, -0.25) is 9.59 Å². The molecule has 2 rings (SSSR count). The second kappa shape index (κ2) is 10.2. The smallest absolute Gasteiger partial charge is 0.309 e. The zero-order valence-corrected chi connectivity index (χ0v) is 15.7. The van der Waals surface area contributed by atoms with Gasteiger partial charge in [0.1, 0.15) is 17.6 Å². The number of para-hydroxylation sites is 2. The molecule has 0 radical (unpaired) electrons. The van der Waals surface area contributed by atoms with E-state index in [0.717, 1.165) is 11.1 Å². The summed E-state index contributed by atoms with van der Waals surface area (Å²) in [5.74, 6) is -0.161. The molecule has 0 aliphatic heterocycles. The number of benzene rings is 2. The molecule has 2 aromatic rings. The molecule has 0 aliphatic rings. The number of methoxy groups -OCH3 is 3. The predicted octanol–water partition coefficient (Wildman–Crippen LogP) is 1.82. The average Bonchev–Trinajstić information content (AvgIpc) is 2.72. The SMILES string of the molecule is COc1ccccc1CNC(=O)C(=O)NCC(OC)c1ccccc1OC. The van der Waals surface area contributed by atoms with Gasteiger partial charge in [-0.2, -0.15) is 0 Å². The first kappa shape index (κ1) is 20.3. The zero-order valence-electron chi connectivity index (χ0n) is 15.7. The highest BCUT2D eigenvalue weighted by Gasteiger charge is 2.19. The van der Waals surface area contributed by atoms with Gasteiger partial charge in [-0.15, -0.1) is 0 Å². The molecule has 0 saturated heterocycles. The van der Waals surface area contributed by atoms with Gasteiger partial charge in [-0.05, 0) is 12.1 Å². The Labute approximate surface area is 158 Å². The maximum atomic E-state index is 12.1. The van der Waals surface area contributed by atoms with E-state index in [2.05, 4.69) is 10.6 Å². The minimum atomic E-state index is -0.734. The Hall–Kier alpha value is -3.06. The van der Waals surface area contributed by atoms with Crippen molar-refractivity contribution in [3.05, 3.63) is 59.7 Å². The third-order valence-electron chi connectivity index (χ3n) is 4.06. The van der Waals surface area contributed by atoms with Crippen LogP contribution in [0.1, 0.15) is 17.2 Å². The molecule has 0 bridgehead atoms. The van der Waals surface area contributed by atoms with Gasteiger partial charge in [-0.1, -0.05) is 36.4 Å². The lowest BCUT2D eigenvalue weighted by Gasteiger charge is -2.19. The highest BCUT2D eigenvalue weighted by atomic mass is 16.5. The van der Waals surface area contributed by atoms with E-state index in [1.807, 2.05) is 42.5 Å². The Morgan fingerprint density at radius 3 is 2.11 bits per heavy atom. The molecule has 1 unspecified atom stereocenters. The van der Waals surface area contributed by atoms with Crippen molar-refractivity contribution in [1.29, 1.82) is 0 Å². The summed E-state index contributed by atoms with van der Waals surface area (Å²) in [4.78, 5) is 24.1. The van der Waals surface area contributed by atoms with Gasteiger partial charge in [0.15, 0.2) is 0 Å². The average molecular weight is 372 g/mol. The molecule has 0 spiro atoms. The van der Waals surface area contributed by atoms with Crippen LogP contribution < -0.4 is 20.1 Å². The first-order valence-electron chi connectivity index (χ1n) is 8.44. The van der Waals surface area contributed by atoms with Gasteiger partial charge in [0.2, 0.25) is 0 Å². The molecule has 0 heterocycles. The molecule has 144 valence electrons. The van der Waals surface area contributed by atoms with E-state index in [4.69, 9.17) is 14.2 Å². The molecule has 1 atom stereocenters. The van der Waals surface area contributed by atoms with Crippen LogP contribution in [-0.2, 0) is 20.9 Å². The van der Waals surface area contributed by atoms with Crippen molar-refractivity contribution in [2.24, 2.45) is 0 Å². The summed E-state index contributed by atoms with van der Waals surface area (Å²) < 4.78 is 16.0. The van der Waals surface area contributed by atoms with Crippen LogP contribution in [0.5, 0.6) is 11.5 Å². The van der Waals surface area contributed by atoms with Gasteiger partial charge in [0.25, 0.3) is 0 Å². The molecule has 2 aromatic carbocycles.